The summed E-state index contributed by atoms with van der Waals surface area (Å²) in [5.41, 5.74) is 3.52. The Labute approximate surface area is 120 Å². The standard InChI is InChI=1S/C18H22FN/c1-4-18(16-6-5-7-17(19)12-16)20-14(3)15-10-8-13(2)9-11-15/h5-12,14,18,20H,4H2,1-3H3. The third-order valence-electron chi connectivity index (χ3n) is 3.69. The predicted molar refractivity (Wildman–Crippen MR) is 82.2 cm³/mol. The fourth-order valence-corrected chi connectivity index (χ4v) is 2.43. The maximum atomic E-state index is 13.3. The molecular weight excluding hydrogens is 249 g/mol. The van der Waals surface area contributed by atoms with Gasteiger partial charge < -0.3 is 5.32 Å². The molecule has 2 aromatic rings. The minimum Gasteiger partial charge on any atom is -0.303 e. The van der Waals surface area contributed by atoms with Crippen LogP contribution in [0.5, 0.6) is 0 Å². The van der Waals surface area contributed by atoms with Crippen molar-refractivity contribution in [3.8, 4) is 0 Å². The van der Waals surface area contributed by atoms with Gasteiger partial charge in [-0.3, -0.25) is 0 Å². The summed E-state index contributed by atoms with van der Waals surface area (Å²) in [6, 6.07) is 15.8. The summed E-state index contributed by atoms with van der Waals surface area (Å²) in [7, 11) is 0. The molecule has 2 atom stereocenters. The second-order valence-electron chi connectivity index (χ2n) is 5.31. The summed E-state index contributed by atoms with van der Waals surface area (Å²) in [6.07, 6.45) is 0.930. The molecule has 2 heteroatoms. The summed E-state index contributed by atoms with van der Waals surface area (Å²) in [5, 5.41) is 3.58. The fourth-order valence-electron chi connectivity index (χ4n) is 2.43. The van der Waals surface area contributed by atoms with Gasteiger partial charge in [-0.1, -0.05) is 48.9 Å². The van der Waals surface area contributed by atoms with Gasteiger partial charge in [-0.25, -0.2) is 4.39 Å². The van der Waals surface area contributed by atoms with Gasteiger partial charge in [0.25, 0.3) is 0 Å². The van der Waals surface area contributed by atoms with E-state index in [9.17, 15) is 4.39 Å². The van der Waals surface area contributed by atoms with Gasteiger partial charge in [-0.2, -0.15) is 0 Å². The summed E-state index contributed by atoms with van der Waals surface area (Å²) < 4.78 is 13.3. The average molecular weight is 271 g/mol. The molecule has 1 nitrogen and oxygen atoms in total. The van der Waals surface area contributed by atoms with Crippen LogP contribution in [-0.2, 0) is 0 Å². The van der Waals surface area contributed by atoms with Crippen molar-refractivity contribution in [1.29, 1.82) is 0 Å². The molecule has 0 radical (unpaired) electrons. The van der Waals surface area contributed by atoms with E-state index < -0.39 is 0 Å². The Balaban J connectivity index is 2.11. The number of halogens is 1. The van der Waals surface area contributed by atoms with Crippen molar-refractivity contribution in [1.82, 2.24) is 5.32 Å². The lowest BCUT2D eigenvalue weighted by atomic mass is 10.0. The maximum Gasteiger partial charge on any atom is 0.123 e. The molecule has 2 aromatic carbocycles. The number of hydrogen-bond acceptors (Lipinski definition) is 1. The van der Waals surface area contributed by atoms with Gasteiger partial charge in [0.15, 0.2) is 0 Å². The van der Waals surface area contributed by atoms with Gasteiger partial charge in [-0.05, 0) is 43.5 Å². The number of aryl methyl sites for hydroxylation is 1. The van der Waals surface area contributed by atoms with Crippen LogP contribution in [0.3, 0.4) is 0 Å². The van der Waals surface area contributed by atoms with Crippen LogP contribution in [0, 0.1) is 12.7 Å². The Bertz CT molecular complexity index is 548. The van der Waals surface area contributed by atoms with Crippen molar-refractivity contribution in [3.63, 3.8) is 0 Å². The number of nitrogens with one attached hydrogen (secondary N) is 1. The molecule has 2 unspecified atom stereocenters. The number of rotatable bonds is 5. The van der Waals surface area contributed by atoms with Crippen LogP contribution in [-0.4, -0.2) is 0 Å². The molecule has 0 saturated carbocycles. The summed E-state index contributed by atoms with van der Waals surface area (Å²) in [5.74, 6) is -0.175. The lowest BCUT2D eigenvalue weighted by Gasteiger charge is -2.23. The largest absolute Gasteiger partial charge is 0.303 e. The van der Waals surface area contributed by atoms with E-state index >= 15 is 0 Å². The van der Waals surface area contributed by atoms with Gasteiger partial charge in [0, 0.05) is 12.1 Å². The number of hydrogen-bond donors (Lipinski definition) is 1. The highest BCUT2D eigenvalue weighted by Crippen LogP contribution is 2.22. The molecule has 0 bridgehead atoms. The zero-order valence-electron chi connectivity index (χ0n) is 12.4. The maximum absolute atomic E-state index is 13.3. The van der Waals surface area contributed by atoms with Gasteiger partial charge in [0.1, 0.15) is 5.82 Å². The first-order chi connectivity index (χ1) is 9.60. The highest BCUT2D eigenvalue weighted by molar-refractivity contribution is 5.25. The van der Waals surface area contributed by atoms with Gasteiger partial charge >= 0.3 is 0 Å². The van der Waals surface area contributed by atoms with E-state index in [4.69, 9.17) is 0 Å². The molecule has 0 aromatic heterocycles. The lowest BCUT2D eigenvalue weighted by Crippen LogP contribution is -2.24. The van der Waals surface area contributed by atoms with E-state index in [1.54, 1.807) is 12.1 Å². The molecule has 0 fully saturated rings. The second kappa shape index (κ2) is 6.67. The third-order valence-corrected chi connectivity index (χ3v) is 3.69. The molecule has 0 spiro atoms. The highest BCUT2D eigenvalue weighted by atomic mass is 19.1. The Hall–Kier alpha value is -1.67. The smallest absolute Gasteiger partial charge is 0.123 e. The van der Waals surface area contributed by atoms with E-state index in [1.807, 2.05) is 6.07 Å². The SMILES string of the molecule is CCC(NC(C)c1ccc(C)cc1)c1cccc(F)c1. The molecule has 0 aliphatic rings. The molecule has 0 heterocycles. The molecule has 2 rings (SSSR count). The zero-order chi connectivity index (χ0) is 14.5. The van der Waals surface area contributed by atoms with Gasteiger partial charge in [0.05, 0.1) is 0 Å². The minimum atomic E-state index is -0.175. The van der Waals surface area contributed by atoms with E-state index in [2.05, 4.69) is 50.4 Å². The summed E-state index contributed by atoms with van der Waals surface area (Å²) >= 11 is 0. The van der Waals surface area contributed by atoms with Crippen LogP contribution in [0.15, 0.2) is 48.5 Å². The van der Waals surface area contributed by atoms with Crippen molar-refractivity contribution >= 4 is 0 Å². The van der Waals surface area contributed by atoms with Crippen molar-refractivity contribution in [2.24, 2.45) is 0 Å². The van der Waals surface area contributed by atoms with Crippen molar-refractivity contribution in [2.75, 3.05) is 0 Å². The zero-order valence-corrected chi connectivity index (χ0v) is 12.4. The molecule has 106 valence electrons. The molecular formula is C18H22FN. The van der Waals surface area contributed by atoms with Crippen molar-refractivity contribution < 1.29 is 4.39 Å². The van der Waals surface area contributed by atoms with Crippen LogP contribution >= 0.6 is 0 Å². The normalized spacial score (nSPS) is 14.0. The Morgan fingerprint density at radius 3 is 2.35 bits per heavy atom. The molecule has 0 amide bonds. The Kier molecular flexibility index (Phi) is 4.91. The van der Waals surface area contributed by atoms with E-state index in [0.29, 0.717) is 0 Å². The quantitative estimate of drug-likeness (QED) is 0.812. The first-order valence-electron chi connectivity index (χ1n) is 7.18. The van der Waals surface area contributed by atoms with Gasteiger partial charge in [0.2, 0.25) is 0 Å². The molecule has 1 N–H and O–H groups in total. The molecule has 0 aliphatic heterocycles. The van der Waals surface area contributed by atoms with Crippen LogP contribution in [0.25, 0.3) is 0 Å². The highest BCUT2D eigenvalue weighted by Gasteiger charge is 2.14. The van der Waals surface area contributed by atoms with Crippen LogP contribution < -0.4 is 5.32 Å². The average Bonchev–Trinajstić information content (AvgIpc) is 2.45. The first kappa shape index (κ1) is 14.7. The summed E-state index contributed by atoms with van der Waals surface area (Å²) in [6.45, 7) is 6.35. The first-order valence-corrected chi connectivity index (χ1v) is 7.18. The van der Waals surface area contributed by atoms with Gasteiger partial charge in [-0.15, -0.1) is 0 Å². The topological polar surface area (TPSA) is 12.0 Å². The third kappa shape index (κ3) is 3.67. The van der Waals surface area contributed by atoms with E-state index in [1.165, 1.54) is 17.2 Å². The van der Waals surface area contributed by atoms with E-state index in [0.717, 1.165) is 12.0 Å². The van der Waals surface area contributed by atoms with Crippen LogP contribution in [0.2, 0.25) is 0 Å². The Morgan fingerprint density at radius 1 is 1.05 bits per heavy atom. The minimum absolute atomic E-state index is 0.169. The van der Waals surface area contributed by atoms with E-state index in [-0.39, 0.29) is 17.9 Å². The monoisotopic (exact) mass is 271 g/mol. The Morgan fingerprint density at radius 2 is 1.75 bits per heavy atom. The van der Waals surface area contributed by atoms with Crippen molar-refractivity contribution in [3.05, 3.63) is 71.0 Å². The molecule has 0 saturated heterocycles. The fraction of sp³-hybridized carbons (Fsp3) is 0.333. The number of benzene rings is 2. The second-order valence-corrected chi connectivity index (χ2v) is 5.31. The molecule has 0 aliphatic carbocycles. The van der Waals surface area contributed by atoms with Crippen molar-refractivity contribution in [2.45, 2.75) is 39.3 Å². The van der Waals surface area contributed by atoms with Crippen LogP contribution in [0.4, 0.5) is 4.39 Å². The lowest BCUT2D eigenvalue weighted by molar-refractivity contribution is 0.454. The van der Waals surface area contributed by atoms with Crippen LogP contribution in [0.1, 0.15) is 49.0 Å². The predicted octanol–water partition coefficient (Wildman–Crippen LogP) is 4.94. The molecule has 20 heavy (non-hydrogen) atoms. The summed E-state index contributed by atoms with van der Waals surface area (Å²) in [4.78, 5) is 0.